The number of aromatic nitrogens is 4. The molecule has 3 rings (SSSR count). The predicted molar refractivity (Wildman–Crippen MR) is 133 cm³/mol. The molecule has 3 aromatic rings. The molecule has 8 heteroatoms. The summed E-state index contributed by atoms with van der Waals surface area (Å²) in [5.74, 6) is 1.04. The predicted octanol–water partition coefficient (Wildman–Crippen LogP) is 4.98. The van der Waals surface area contributed by atoms with E-state index in [2.05, 4.69) is 72.0 Å². The smallest absolute Gasteiger partial charge is 0.222 e. The van der Waals surface area contributed by atoms with Gasteiger partial charge in [0.1, 0.15) is 18.5 Å². The molecular weight excluding hydrogens is 418 g/mol. The molecule has 32 heavy (non-hydrogen) atoms. The minimum Gasteiger partial charge on any atom is -0.475 e. The molecule has 0 bridgehead atoms. The van der Waals surface area contributed by atoms with Gasteiger partial charge in [-0.15, -0.1) is 0 Å². The second-order valence-electron chi connectivity index (χ2n) is 10.4. The third-order valence-electron chi connectivity index (χ3n) is 5.97. The molecule has 0 saturated heterocycles. The van der Waals surface area contributed by atoms with Crippen molar-refractivity contribution in [2.24, 2.45) is 4.99 Å². The SMILES string of the molecule is CC(C)(C)OCCOC(=Nc1ncnc2nc[nH]c12)c1ccccc1[Si](C)(C)C(C)(C)C. The molecule has 0 atom stereocenters. The molecule has 2 aromatic heterocycles. The van der Waals surface area contributed by atoms with Crippen molar-refractivity contribution < 1.29 is 9.47 Å². The van der Waals surface area contributed by atoms with Crippen LogP contribution in [0.1, 0.15) is 47.1 Å². The Kier molecular flexibility index (Phi) is 6.85. The van der Waals surface area contributed by atoms with Crippen molar-refractivity contribution in [3.63, 3.8) is 0 Å². The average Bonchev–Trinajstić information content (AvgIpc) is 3.18. The first-order valence-electron chi connectivity index (χ1n) is 11.0. The molecule has 0 amide bonds. The highest BCUT2D eigenvalue weighted by Gasteiger charge is 2.39. The summed E-state index contributed by atoms with van der Waals surface area (Å²) < 4.78 is 12.1. The molecule has 0 spiro atoms. The van der Waals surface area contributed by atoms with Crippen LogP contribution in [0.25, 0.3) is 11.2 Å². The van der Waals surface area contributed by atoms with E-state index in [1.54, 1.807) is 6.33 Å². The maximum absolute atomic E-state index is 6.25. The lowest BCUT2D eigenvalue weighted by atomic mass is 10.2. The van der Waals surface area contributed by atoms with Crippen molar-refractivity contribution >= 4 is 36.1 Å². The zero-order valence-corrected chi connectivity index (χ0v) is 21.5. The lowest BCUT2D eigenvalue weighted by molar-refractivity contribution is -0.0178. The highest BCUT2D eigenvalue weighted by Crippen LogP contribution is 2.36. The summed E-state index contributed by atoms with van der Waals surface area (Å²) in [7, 11) is -1.87. The van der Waals surface area contributed by atoms with E-state index in [9.17, 15) is 0 Å². The van der Waals surface area contributed by atoms with Crippen LogP contribution in [0.2, 0.25) is 18.1 Å². The topological polar surface area (TPSA) is 85.3 Å². The second kappa shape index (κ2) is 9.11. The third-order valence-corrected chi connectivity index (χ3v) is 11.5. The lowest BCUT2D eigenvalue weighted by Crippen LogP contribution is -2.51. The Balaban J connectivity index is 2.07. The molecule has 0 aliphatic rings. The van der Waals surface area contributed by atoms with Gasteiger partial charge in [-0.25, -0.2) is 15.0 Å². The number of hydrogen-bond donors (Lipinski definition) is 1. The standard InChI is InChI=1S/C24H35N5O2Si/c1-23(2,3)31-14-13-30-22(29-21-19-20(26-15-25-19)27-16-28-21)17-11-9-10-12-18(17)32(7,8)24(4,5)6/h9-12,15-16H,13-14H2,1-8H3,(H,25,26,27,28). The van der Waals surface area contributed by atoms with Crippen LogP contribution in [-0.2, 0) is 9.47 Å². The number of aromatic amines is 1. The van der Waals surface area contributed by atoms with Gasteiger partial charge >= 0.3 is 0 Å². The normalized spacial score (nSPS) is 13.6. The van der Waals surface area contributed by atoms with Gasteiger partial charge in [-0.05, 0) is 37.1 Å². The average molecular weight is 454 g/mol. The van der Waals surface area contributed by atoms with Gasteiger partial charge in [0.05, 0.1) is 26.6 Å². The minimum absolute atomic E-state index is 0.162. The number of aliphatic imine (C=N–C) groups is 1. The van der Waals surface area contributed by atoms with Crippen LogP contribution in [0.5, 0.6) is 0 Å². The molecule has 172 valence electrons. The van der Waals surface area contributed by atoms with Crippen molar-refractivity contribution in [2.45, 2.75) is 65.3 Å². The largest absolute Gasteiger partial charge is 0.475 e. The summed E-state index contributed by atoms with van der Waals surface area (Å²) in [5, 5.41) is 1.47. The van der Waals surface area contributed by atoms with Gasteiger partial charge in [0.2, 0.25) is 5.90 Å². The van der Waals surface area contributed by atoms with Crippen LogP contribution in [0, 0.1) is 0 Å². The zero-order valence-electron chi connectivity index (χ0n) is 20.5. The fraction of sp³-hybridized carbons (Fsp3) is 0.500. The highest BCUT2D eigenvalue weighted by molar-refractivity contribution is 6.92. The number of nitrogens with zero attached hydrogens (tertiary/aromatic N) is 4. The van der Waals surface area contributed by atoms with E-state index in [1.807, 2.05) is 26.8 Å². The zero-order chi connectivity index (χ0) is 23.6. The molecule has 0 radical (unpaired) electrons. The number of ether oxygens (including phenoxy) is 2. The maximum Gasteiger partial charge on any atom is 0.222 e. The number of imidazole rings is 1. The first-order chi connectivity index (χ1) is 14.9. The summed E-state index contributed by atoms with van der Waals surface area (Å²) in [6.07, 6.45) is 3.07. The summed E-state index contributed by atoms with van der Waals surface area (Å²) in [5.41, 5.74) is 2.03. The fourth-order valence-electron chi connectivity index (χ4n) is 3.21. The van der Waals surface area contributed by atoms with E-state index in [1.165, 1.54) is 11.5 Å². The Morgan fingerprint density at radius 2 is 1.72 bits per heavy atom. The van der Waals surface area contributed by atoms with Gasteiger partial charge in [-0.1, -0.05) is 52.1 Å². The second-order valence-corrected chi connectivity index (χ2v) is 15.7. The van der Waals surface area contributed by atoms with Crippen molar-refractivity contribution in [3.8, 4) is 0 Å². The van der Waals surface area contributed by atoms with E-state index in [-0.39, 0.29) is 10.6 Å². The number of H-pyrrole nitrogens is 1. The molecule has 0 aliphatic heterocycles. The van der Waals surface area contributed by atoms with E-state index < -0.39 is 8.07 Å². The third kappa shape index (κ3) is 5.42. The molecule has 1 aromatic carbocycles. The Hall–Kier alpha value is -2.58. The van der Waals surface area contributed by atoms with Crippen LogP contribution in [-0.4, -0.2) is 52.7 Å². The molecule has 0 aliphatic carbocycles. The van der Waals surface area contributed by atoms with Crippen molar-refractivity contribution in [1.82, 2.24) is 19.9 Å². The number of hydrogen-bond acceptors (Lipinski definition) is 6. The van der Waals surface area contributed by atoms with E-state index in [0.29, 0.717) is 36.1 Å². The van der Waals surface area contributed by atoms with Gasteiger partial charge < -0.3 is 14.5 Å². The number of nitrogens with one attached hydrogen (secondary N) is 1. The molecular formula is C24H35N5O2Si. The summed E-state index contributed by atoms with van der Waals surface area (Å²) >= 11 is 0. The number of rotatable bonds is 6. The molecule has 2 heterocycles. The Morgan fingerprint density at radius 3 is 2.41 bits per heavy atom. The van der Waals surface area contributed by atoms with Crippen LogP contribution < -0.4 is 5.19 Å². The first kappa shape index (κ1) is 24.1. The van der Waals surface area contributed by atoms with Crippen molar-refractivity contribution in [2.75, 3.05) is 13.2 Å². The lowest BCUT2D eigenvalue weighted by Gasteiger charge is -2.38. The van der Waals surface area contributed by atoms with E-state index in [4.69, 9.17) is 14.5 Å². The monoisotopic (exact) mass is 453 g/mol. The van der Waals surface area contributed by atoms with E-state index in [0.717, 1.165) is 5.56 Å². The summed E-state index contributed by atoms with van der Waals surface area (Å²) in [6, 6.07) is 8.42. The van der Waals surface area contributed by atoms with Crippen LogP contribution >= 0.6 is 0 Å². The first-order valence-corrected chi connectivity index (χ1v) is 14.0. The summed E-state index contributed by atoms with van der Waals surface area (Å²) in [4.78, 5) is 20.7. The summed E-state index contributed by atoms with van der Waals surface area (Å²) in [6.45, 7) is 18.7. The van der Waals surface area contributed by atoms with Crippen molar-refractivity contribution in [1.29, 1.82) is 0 Å². The number of fused-ring (bicyclic) bond motifs is 1. The minimum atomic E-state index is -1.87. The molecule has 0 fully saturated rings. The van der Waals surface area contributed by atoms with Gasteiger partial charge in [-0.2, -0.15) is 4.99 Å². The Morgan fingerprint density at radius 1 is 1.00 bits per heavy atom. The van der Waals surface area contributed by atoms with Gasteiger partial charge in [0.25, 0.3) is 0 Å². The quantitative estimate of drug-likeness (QED) is 0.246. The molecule has 0 saturated carbocycles. The maximum atomic E-state index is 6.25. The highest BCUT2D eigenvalue weighted by atomic mass is 28.3. The van der Waals surface area contributed by atoms with Crippen LogP contribution in [0.15, 0.2) is 41.9 Å². The Bertz CT molecular complexity index is 1090. The van der Waals surface area contributed by atoms with Crippen LogP contribution in [0.4, 0.5) is 5.82 Å². The number of benzene rings is 1. The van der Waals surface area contributed by atoms with Crippen molar-refractivity contribution in [3.05, 3.63) is 42.5 Å². The van der Waals surface area contributed by atoms with Gasteiger partial charge in [-0.3, -0.25) is 0 Å². The fourth-order valence-corrected chi connectivity index (χ4v) is 5.39. The molecule has 7 nitrogen and oxygen atoms in total. The molecule has 1 N–H and O–H groups in total. The van der Waals surface area contributed by atoms with Gasteiger partial charge in [0, 0.05) is 5.56 Å². The van der Waals surface area contributed by atoms with E-state index >= 15 is 0 Å². The van der Waals surface area contributed by atoms with Gasteiger partial charge in [0.15, 0.2) is 11.5 Å². The van der Waals surface area contributed by atoms with Crippen LogP contribution in [0.3, 0.4) is 0 Å². The Labute approximate surface area is 191 Å². The molecule has 0 unspecified atom stereocenters.